The lowest BCUT2D eigenvalue weighted by molar-refractivity contribution is 0.460. The van der Waals surface area contributed by atoms with Gasteiger partial charge >= 0.3 is 0 Å². The molecule has 17 heavy (non-hydrogen) atoms. The smallest absolute Gasteiger partial charge is 0.222 e. The number of ether oxygens (including phenoxy) is 1. The van der Waals surface area contributed by atoms with Crippen LogP contribution < -0.4 is 4.74 Å². The Labute approximate surface area is 111 Å². The summed E-state index contributed by atoms with van der Waals surface area (Å²) in [5, 5.41) is 9.00. The van der Waals surface area contributed by atoms with E-state index in [4.69, 9.17) is 21.6 Å². The van der Waals surface area contributed by atoms with Crippen LogP contribution in [0, 0.1) is 11.3 Å². The maximum absolute atomic E-state index is 8.78. The Balaban J connectivity index is 2.30. The minimum Gasteiger partial charge on any atom is -0.437 e. The molecule has 6 heteroatoms. The fourth-order valence-electron chi connectivity index (χ4n) is 1.16. The molecule has 2 rings (SSSR count). The van der Waals surface area contributed by atoms with Gasteiger partial charge in [0.05, 0.1) is 17.8 Å². The van der Waals surface area contributed by atoms with Gasteiger partial charge in [0.25, 0.3) is 0 Å². The number of nitrogens with zero attached hydrogens (tertiary/aromatic N) is 3. The second-order valence-corrected chi connectivity index (χ2v) is 4.37. The molecule has 2 heterocycles. The molecule has 0 fully saturated rings. The number of hydrogen-bond donors (Lipinski definition) is 0. The summed E-state index contributed by atoms with van der Waals surface area (Å²) < 4.78 is 6.23. The number of rotatable bonds is 2. The van der Waals surface area contributed by atoms with E-state index in [0.29, 0.717) is 11.3 Å². The molecule has 84 valence electrons. The normalized spacial score (nSPS) is 9.71. The maximum Gasteiger partial charge on any atom is 0.222 e. The van der Waals surface area contributed by atoms with E-state index in [0.717, 1.165) is 4.47 Å². The summed E-state index contributed by atoms with van der Waals surface area (Å²) in [6.45, 7) is 0. The molecule has 0 aliphatic heterocycles. The average molecular weight is 311 g/mol. The molecule has 0 radical (unpaired) electrons. The van der Waals surface area contributed by atoms with Crippen molar-refractivity contribution in [3.8, 4) is 17.7 Å². The van der Waals surface area contributed by atoms with E-state index in [9.17, 15) is 0 Å². The van der Waals surface area contributed by atoms with E-state index in [1.165, 1.54) is 12.1 Å². The zero-order valence-electron chi connectivity index (χ0n) is 8.39. The van der Waals surface area contributed by atoms with Gasteiger partial charge in [0.15, 0.2) is 0 Å². The SMILES string of the molecule is N#Cc1cc(Cl)nc(Oc2cncc(Br)c2)c1. The van der Waals surface area contributed by atoms with Crippen LogP contribution in [-0.2, 0) is 0 Å². The fourth-order valence-corrected chi connectivity index (χ4v) is 1.70. The Morgan fingerprint density at radius 1 is 1.29 bits per heavy atom. The van der Waals surface area contributed by atoms with Gasteiger partial charge in [-0.15, -0.1) is 0 Å². The summed E-state index contributed by atoms with van der Waals surface area (Å²) in [7, 11) is 0. The molecular formula is C11H5BrClN3O. The van der Waals surface area contributed by atoms with Crippen LogP contribution in [0.1, 0.15) is 5.56 Å². The molecule has 0 bridgehead atoms. The zero-order valence-corrected chi connectivity index (χ0v) is 10.7. The lowest BCUT2D eigenvalue weighted by atomic mass is 10.3. The first-order valence-electron chi connectivity index (χ1n) is 4.53. The van der Waals surface area contributed by atoms with Crippen LogP contribution in [-0.4, -0.2) is 9.97 Å². The highest BCUT2D eigenvalue weighted by Crippen LogP contribution is 2.23. The average Bonchev–Trinajstić information content (AvgIpc) is 2.28. The lowest BCUT2D eigenvalue weighted by Crippen LogP contribution is -1.90. The second-order valence-electron chi connectivity index (χ2n) is 3.07. The van der Waals surface area contributed by atoms with Crippen LogP contribution in [0.5, 0.6) is 11.6 Å². The van der Waals surface area contributed by atoms with E-state index in [1.54, 1.807) is 18.5 Å². The van der Waals surface area contributed by atoms with E-state index in [-0.39, 0.29) is 11.0 Å². The van der Waals surface area contributed by atoms with E-state index < -0.39 is 0 Å². The molecule has 0 atom stereocenters. The number of hydrogen-bond acceptors (Lipinski definition) is 4. The van der Waals surface area contributed by atoms with Crippen molar-refractivity contribution in [2.24, 2.45) is 0 Å². The molecule has 0 amide bonds. The summed E-state index contributed by atoms with van der Waals surface area (Å²) in [6, 6.07) is 6.69. The fraction of sp³-hybridized carbons (Fsp3) is 0. The molecule has 0 aromatic carbocycles. The number of pyridine rings is 2. The van der Waals surface area contributed by atoms with Gasteiger partial charge < -0.3 is 4.74 Å². The Kier molecular flexibility index (Phi) is 3.57. The Hall–Kier alpha value is -1.64. The summed E-state index contributed by atoms with van der Waals surface area (Å²) in [5.74, 6) is 0.770. The zero-order chi connectivity index (χ0) is 12.3. The predicted molar refractivity (Wildman–Crippen MR) is 66.0 cm³/mol. The molecule has 0 saturated carbocycles. The molecule has 2 aromatic rings. The standard InChI is InChI=1S/C11H5BrClN3O/c12-8-3-9(6-15-5-8)17-11-2-7(4-14)1-10(13)16-11/h1-3,5-6H. The Morgan fingerprint density at radius 2 is 2.12 bits per heavy atom. The summed E-state index contributed by atoms with van der Waals surface area (Å²) in [5.41, 5.74) is 0.392. The van der Waals surface area contributed by atoms with Crippen molar-refractivity contribution in [2.45, 2.75) is 0 Å². The molecule has 0 spiro atoms. The quantitative estimate of drug-likeness (QED) is 0.796. The monoisotopic (exact) mass is 309 g/mol. The van der Waals surface area contributed by atoms with Crippen molar-refractivity contribution in [1.82, 2.24) is 9.97 Å². The Bertz CT molecular complexity index is 598. The van der Waals surface area contributed by atoms with Gasteiger partial charge in [-0.3, -0.25) is 4.98 Å². The van der Waals surface area contributed by atoms with Crippen molar-refractivity contribution in [3.63, 3.8) is 0 Å². The molecule has 0 aliphatic carbocycles. The first kappa shape index (κ1) is 11.8. The highest BCUT2D eigenvalue weighted by atomic mass is 79.9. The van der Waals surface area contributed by atoms with Gasteiger partial charge in [-0.1, -0.05) is 11.6 Å². The molecule has 4 nitrogen and oxygen atoms in total. The lowest BCUT2D eigenvalue weighted by Gasteiger charge is -2.05. The van der Waals surface area contributed by atoms with Gasteiger partial charge in [0.2, 0.25) is 5.88 Å². The molecule has 0 saturated heterocycles. The third-order valence-corrected chi connectivity index (χ3v) is 2.43. The first-order chi connectivity index (χ1) is 8.17. The topological polar surface area (TPSA) is 58.8 Å². The third-order valence-electron chi connectivity index (χ3n) is 1.80. The van der Waals surface area contributed by atoms with Crippen LogP contribution in [0.4, 0.5) is 0 Å². The van der Waals surface area contributed by atoms with Crippen molar-refractivity contribution in [1.29, 1.82) is 5.26 Å². The van der Waals surface area contributed by atoms with Gasteiger partial charge in [0, 0.05) is 16.7 Å². The minimum atomic E-state index is 0.210. The maximum atomic E-state index is 8.78. The van der Waals surface area contributed by atoms with E-state index >= 15 is 0 Å². The highest BCUT2D eigenvalue weighted by molar-refractivity contribution is 9.10. The van der Waals surface area contributed by atoms with Crippen LogP contribution >= 0.6 is 27.5 Å². The van der Waals surface area contributed by atoms with Crippen molar-refractivity contribution in [2.75, 3.05) is 0 Å². The first-order valence-corrected chi connectivity index (χ1v) is 5.70. The predicted octanol–water partition coefficient (Wildman–Crippen LogP) is 3.56. The van der Waals surface area contributed by atoms with Crippen molar-refractivity contribution >= 4 is 27.5 Å². The van der Waals surface area contributed by atoms with Crippen LogP contribution in [0.3, 0.4) is 0 Å². The van der Waals surface area contributed by atoms with Gasteiger partial charge in [0.1, 0.15) is 10.9 Å². The number of aromatic nitrogens is 2. The molecule has 2 aromatic heterocycles. The molecule has 0 unspecified atom stereocenters. The molecular weight excluding hydrogens is 305 g/mol. The number of halogens is 2. The van der Waals surface area contributed by atoms with Gasteiger partial charge in [-0.25, -0.2) is 4.98 Å². The van der Waals surface area contributed by atoms with Gasteiger partial charge in [-0.05, 0) is 28.1 Å². The molecule has 0 aliphatic rings. The largest absolute Gasteiger partial charge is 0.437 e. The minimum absolute atomic E-state index is 0.210. The second kappa shape index (κ2) is 5.13. The summed E-state index contributed by atoms with van der Waals surface area (Å²) >= 11 is 9.04. The summed E-state index contributed by atoms with van der Waals surface area (Å²) in [4.78, 5) is 7.90. The number of nitriles is 1. The molecule has 0 N–H and O–H groups in total. The van der Waals surface area contributed by atoms with Crippen molar-refractivity contribution in [3.05, 3.63) is 45.8 Å². The Morgan fingerprint density at radius 3 is 2.82 bits per heavy atom. The highest BCUT2D eigenvalue weighted by Gasteiger charge is 2.04. The van der Waals surface area contributed by atoms with Gasteiger partial charge in [-0.2, -0.15) is 5.26 Å². The van der Waals surface area contributed by atoms with Crippen LogP contribution in [0.15, 0.2) is 35.1 Å². The van der Waals surface area contributed by atoms with E-state index in [2.05, 4.69) is 25.9 Å². The van der Waals surface area contributed by atoms with Crippen molar-refractivity contribution < 1.29 is 4.74 Å². The summed E-state index contributed by atoms with van der Waals surface area (Å²) in [6.07, 6.45) is 3.18. The third kappa shape index (κ3) is 3.16. The van der Waals surface area contributed by atoms with E-state index in [1.807, 2.05) is 6.07 Å². The van der Waals surface area contributed by atoms with Crippen LogP contribution in [0.25, 0.3) is 0 Å². The van der Waals surface area contributed by atoms with Crippen LogP contribution in [0.2, 0.25) is 5.15 Å².